The van der Waals surface area contributed by atoms with Crippen LogP contribution in [0.2, 0.25) is 10.0 Å². The van der Waals surface area contributed by atoms with E-state index in [2.05, 4.69) is 20.4 Å². The number of nitrogens with one attached hydrogen (secondary N) is 1. The molecule has 34 heavy (non-hydrogen) atoms. The zero-order valence-electron chi connectivity index (χ0n) is 18.0. The smallest absolute Gasteiger partial charge is 0.261 e. The van der Waals surface area contributed by atoms with Crippen LogP contribution >= 0.6 is 23.2 Å². The number of hydrogen-bond acceptors (Lipinski definition) is 5. The average Bonchev–Trinajstić information content (AvgIpc) is 3.10. The third-order valence-electron chi connectivity index (χ3n) is 5.28. The molecule has 0 radical (unpaired) electrons. The van der Waals surface area contributed by atoms with Crippen LogP contribution < -0.4 is 11.1 Å². The van der Waals surface area contributed by atoms with E-state index in [1.54, 1.807) is 24.4 Å². The highest BCUT2D eigenvalue weighted by Crippen LogP contribution is 2.29. The molecule has 0 atom stereocenters. The molecule has 3 N–H and O–H groups in total. The lowest BCUT2D eigenvalue weighted by Crippen LogP contribution is -2.14. The van der Waals surface area contributed by atoms with E-state index in [9.17, 15) is 4.79 Å². The van der Waals surface area contributed by atoms with Gasteiger partial charge in [0.2, 0.25) is 0 Å². The predicted molar refractivity (Wildman–Crippen MR) is 138 cm³/mol. The molecule has 0 saturated heterocycles. The number of carbonyl (C=O) groups is 1. The molecule has 5 rings (SSSR count). The monoisotopic (exact) mass is 488 g/mol. The standard InChI is InChI=1S/C25H18Cl2N6O/c1-14-6-9-16(10-7-14)30-25(34)21-22-24(32-20-5-3-2-4-19(20)31-22)33(23(21)28)29-13-15-8-11-17(26)18(27)12-15/h2-13H,28H2,1H3,(H,30,34). The van der Waals surface area contributed by atoms with Crippen molar-refractivity contribution in [2.45, 2.75) is 6.92 Å². The Hall–Kier alpha value is -3.94. The van der Waals surface area contributed by atoms with E-state index in [0.717, 1.165) is 5.56 Å². The first-order valence-electron chi connectivity index (χ1n) is 10.3. The highest BCUT2D eigenvalue weighted by Gasteiger charge is 2.24. The fourth-order valence-electron chi connectivity index (χ4n) is 3.54. The van der Waals surface area contributed by atoms with E-state index in [-0.39, 0.29) is 11.4 Å². The summed E-state index contributed by atoms with van der Waals surface area (Å²) in [6, 6.07) is 20.0. The molecule has 3 aromatic carbocycles. The van der Waals surface area contributed by atoms with Gasteiger partial charge in [-0.2, -0.15) is 9.78 Å². The summed E-state index contributed by atoms with van der Waals surface area (Å²) in [5, 5.41) is 8.21. The average molecular weight is 489 g/mol. The largest absolute Gasteiger partial charge is 0.383 e. The fraction of sp³-hybridized carbons (Fsp3) is 0.0400. The third-order valence-corrected chi connectivity index (χ3v) is 6.02. The maximum absolute atomic E-state index is 13.3. The minimum atomic E-state index is -0.403. The number of amides is 1. The van der Waals surface area contributed by atoms with Crippen LogP contribution in [0.1, 0.15) is 21.5 Å². The van der Waals surface area contributed by atoms with Crippen molar-refractivity contribution in [2.75, 3.05) is 11.1 Å². The quantitative estimate of drug-likeness (QED) is 0.307. The van der Waals surface area contributed by atoms with Gasteiger partial charge in [0.1, 0.15) is 16.9 Å². The van der Waals surface area contributed by atoms with Crippen LogP contribution in [0.5, 0.6) is 0 Å². The molecule has 0 unspecified atom stereocenters. The molecule has 0 spiro atoms. The summed E-state index contributed by atoms with van der Waals surface area (Å²) in [4.78, 5) is 22.6. The number of para-hydroxylation sites is 2. The fourth-order valence-corrected chi connectivity index (χ4v) is 3.84. The topological polar surface area (TPSA) is 98.2 Å². The Morgan fingerprint density at radius 1 is 1.00 bits per heavy atom. The minimum absolute atomic E-state index is 0.117. The first-order valence-corrected chi connectivity index (χ1v) is 11.1. The van der Waals surface area contributed by atoms with E-state index >= 15 is 0 Å². The zero-order valence-corrected chi connectivity index (χ0v) is 19.5. The number of benzene rings is 3. The van der Waals surface area contributed by atoms with E-state index < -0.39 is 5.91 Å². The molecule has 0 saturated carbocycles. The molecule has 5 aromatic rings. The Kier molecular flexibility index (Phi) is 5.65. The first kappa shape index (κ1) is 21.9. The van der Waals surface area contributed by atoms with Gasteiger partial charge in [-0.3, -0.25) is 4.79 Å². The molecular formula is C25H18Cl2N6O. The molecule has 9 heteroatoms. The van der Waals surface area contributed by atoms with Crippen molar-refractivity contribution in [3.05, 3.63) is 93.5 Å². The predicted octanol–water partition coefficient (Wildman–Crippen LogP) is 5.92. The maximum Gasteiger partial charge on any atom is 0.261 e. The second-order valence-electron chi connectivity index (χ2n) is 7.69. The van der Waals surface area contributed by atoms with Crippen LogP contribution in [0.25, 0.3) is 22.2 Å². The minimum Gasteiger partial charge on any atom is -0.383 e. The van der Waals surface area contributed by atoms with Gasteiger partial charge in [-0.05, 0) is 48.9 Å². The number of fused-ring (bicyclic) bond motifs is 2. The summed E-state index contributed by atoms with van der Waals surface area (Å²) in [6.07, 6.45) is 1.57. The Balaban J connectivity index is 1.65. The van der Waals surface area contributed by atoms with Gasteiger partial charge < -0.3 is 11.1 Å². The van der Waals surface area contributed by atoms with Crippen molar-refractivity contribution in [1.82, 2.24) is 14.6 Å². The molecule has 7 nitrogen and oxygen atoms in total. The lowest BCUT2D eigenvalue weighted by atomic mass is 10.2. The number of nitrogens with two attached hydrogens (primary N) is 1. The van der Waals surface area contributed by atoms with Crippen molar-refractivity contribution in [1.29, 1.82) is 0 Å². The van der Waals surface area contributed by atoms with E-state index in [0.29, 0.717) is 43.5 Å². The molecular weight excluding hydrogens is 471 g/mol. The number of halogens is 2. The number of aryl methyl sites for hydroxylation is 1. The Morgan fingerprint density at radius 3 is 2.41 bits per heavy atom. The molecule has 1 amide bonds. The van der Waals surface area contributed by atoms with Gasteiger partial charge in [0, 0.05) is 5.69 Å². The first-order chi connectivity index (χ1) is 16.4. The van der Waals surface area contributed by atoms with Crippen LogP contribution in [-0.2, 0) is 0 Å². The molecule has 0 fully saturated rings. The summed E-state index contributed by atoms with van der Waals surface area (Å²) >= 11 is 12.1. The van der Waals surface area contributed by atoms with Gasteiger partial charge in [0.05, 0.1) is 27.3 Å². The summed E-state index contributed by atoms with van der Waals surface area (Å²) in [7, 11) is 0. The van der Waals surface area contributed by atoms with Gasteiger partial charge in [-0.15, -0.1) is 0 Å². The maximum atomic E-state index is 13.3. The number of carbonyl (C=O) groups excluding carboxylic acids is 1. The van der Waals surface area contributed by atoms with Crippen molar-refractivity contribution in [2.24, 2.45) is 5.10 Å². The molecule has 0 bridgehead atoms. The summed E-state index contributed by atoms with van der Waals surface area (Å²) in [5.41, 5.74) is 11.1. The van der Waals surface area contributed by atoms with Crippen LogP contribution in [0.15, 0.2) is 71.8 Å². The molecule has 168 valence electrons. The Bertz CT molecular complexity index is 1590. The van der Waals surface area contributed by atoms with Crippen LogP contribution in [0, 0.1) is 6.92 Å². The lowest BCUT2D eigenvalue weighted by Gasteiger charge is -2.06. The third kappa shape index (κ3) is 4.07. The van der Waals surface area contributed by atoms with E-state index in [1.807, 2.05) is 55.5 Å². The van der Waals surface area contributed by atoms with Crippen molar-refractivity contribution in [3.8, 4) is 0 Å². The molecule has 2 aromatic heterocycles. The van der Waals surface area contributed by atoms with Crippen molar-refractivity contribution in [3.63, 3.8) is 0 Å². The van der Waals surface area contributed by atoms with Gasteiger partial charge in [0.15, 0.2) is 5.65 Å². The van der Waals surface area contributed by atoms with Crippen LogP contribution in [-0.4, -0.2) is 26.8 Å². The van der Waals surface area contributed by atoms with Gasteiger partial charge in [-0.1, -0.05) is 59.1 Å². The van der Waals surface area contributed by atoms with Crippen molar-refractivity contribution < 1.29 is 4.79 Å². The number of anilines is 2. The number of hydrogen-bond donors (Lipinski definition) is 2. The second-order valence-corrected chi connectivity index (χ2v) is 8.51. The second kappa shape index (κ2) is 8.78. The number of aromatic nitrogens is 3. The summed E-state index contributed by atoms with van der Waals surface area (Å²) in [6.45, 7) is 1.98. The van der Waals surface area contributed by atoms with Gasteiger partial charge in [-0.25, -0.2) is 9.97 Å². The van der Waals surface area contributed by atoms with E-state index in [1.165, 1.54) is 4.68 Å². The molecule has 0 aliphatic carbocycles. The van der Waals surface area contributed by atoms with Crippen LogP contribution in [0.3, 0.4) is 0 Å². The van der Waals surface area contributed by atoms with Gasteiger partial charge in [0.25, 0.3) is 5.91 Å². The Morgan fingerprint density at radius 2 is 1.71 bits per heavy atom. The number of nitrogens with zero attached hydrogens (tertiary/aromatic N) is 4. The highest BCUT2D eigenvalue weighted by molar-refractivity contribution is 6.42. The molecule has 2 heterocycles. The number of rotatable bonds is 4. The normalized spacial score (nSPS) is 11.5. The van der Waals surface area contributed by atoms with Crippen molar-refractivity contribution >= 4 is 69.0 Å². The highest BCUT2D eigenvalue weighted by atomic mass is 35.5. The van der Waals surface area contributed by atoms with E-state index in [4.69, 9.17) is 28.9 Å². The SMILES string of the molecule is Cc1ccc(NC(=O)c2c(N)n(N=Cc3ccc(Cl)c(Cl)c3)c3nc4ccccc4nc23)cc1. The van der Waals surface area contributed by atoms with Crippen LogP contribution in [0.4, 0.5) is 11.5 Å². The zero-order chi connectivity index (χ0) is 23.8. The molecule has 0 aliphatic heterocycles. The number of nitrogen functional groups attached to an aromatic ring is 1. The summed E-state index contributed by atoms with van der Waals surface area (Å²) < 4.78 is 1.40. The lowest BCUT2D eigenvalue weighted by molar-refractivity contribution is 0.102. The summed E-state index contributed by atoms with van der Waals surface area (Å²) in [5.74, 6) is -0.286. The van der Waals surface area contributed by atoms with Gasteiger partial charge >= 0.3 is 0 Å². The Labute approximate surface area is 204 Å². The molecule has 0 aliphatic rings.